The molecule has 0 amide bonds. The molecule has 0 saturated heterocycles. The summed E-state index contributed by atoms with van der Waals surface area (Å²) >= 11 is 0. The van der Waals surface area contributed by atoms with Crippen LogP contribution in [0.4, 0.5) is 5.69 Å². The first kappa shape index (κ1) is 43.8. The van der Waals surface area contributed by atoms with Gasteiger partial charge in [-0.2, -0.15) is 5.10 Å². The average Bonchev–Trinajstić information content (AvgIpc) is 3.15. The number of benzene rings is 1. The van der Waals surface area contributed by atoms with Crippen molar-refractivity contribution in [1.29, 1.82) is 0 Å². The maximum Gasteiger partial charge on any atom is 0.349 e. The number of carbonyl (C=O) groups excluding carboxylic acids is 5. The molecule has 0 heterocycles. The lowest BCUT2D eigenvalue weighted by Gasteiger charge is -2.11. The second-order valence-electron chi connectivity index (χ2n) is 12.1. The summed E-state index contributed by atoms with van der Waals surface area (Å²) in [5, 5.41) is 4.19. The first-order chi connectivity index (χ1) is 25.8. The Labute approximate surface area is 314 Å². The molecule has 2 rings (SSSR count). The topological polar surface area (TPSA) is 137 Å². The zero-order valence-electron chi connectivity index (χ0n) is 31.4. The number of nitrogens with zero attached hydrogens (tertiary/aromatic N) is 1. The second kappa shape index (κ2) is 27.3. The van der Waals surface area contributed by atoms with Crippen molar-refractivity contribution >= 4 is 41.1 Å². The summed E-state index contributed by atoms with van der Waals surface area (Å²) in [5.74, 6) is -3.63. The summed E-state index contributed by atoms with van der Waals surface area (Å²) in [6.45, 7) is 4.22. The van der Waals surface area contributed by atoms with Gasteiger partial charge >= 0.3 is 23.9 Å². The van der Waals surface area contributed by atoms with Gasteiger partial charge in [0.15, 0.2) is 5.78 Å². The van der Waals surface area contributed by atoms with Crippen LogP contribution in [0.2, 0.25) is 0 Å². The minimum absolute atomic E-state index is 0.0556. The Bertz CT molecular complexity index is 1610. The number of carbonyl (C=O) groups is 5. The first-order valence-corrected chi connectivity index (χ1v) is 18.5. The maximum absolute atomic E-state index is 12.7. The average molecular weight is 727 g/mol. The predicted octanol–water partition coefficient (Wildman–Crippen LogP) is 9.56. The van der Waals surface area contributed by atoms with E-state index in [2.05, 4.69) is 73.0 Å². The highest BCUT2D eigenvalue weighted by Crippen LogP contribution is 2.24. The number of unbranched alkanes of at least 4 members (excludes halogenated alkanes) is 5. The number of esters is 4. The highest BCUT2D eigenvalue weighted by Gasteiger charge is 2.24. The van der Waals surface area contributed by atoms with Crippen LogP contribution in [0, 0.1) is 0 Å². The van der Waals surface area contributed by atoms with Crippen LogP contribution >= 0.6 is 0 Å². The Morgan fingerprint density at radius 1 is 0.698 bits per heavy atom. The van der Waals surface area contributed by atoms with Crippen molar-refractivity contribution in [3.05, 3.63) is 108 Å². The molecule has 10 heteroatoms. The van der Waals surface area contributed by atoms with Crippen LogP contribution in [-0.4, -0.2) is 42.5 Å². The number of hydrogen-bond donors (Lipinski definition) is 1. The zero-order valence-corrected chi connectivity index (χ0v) is 31.4. The summed E-state index contributed by atoms with van der Waals surface area (Å²) in [4.78, 5) is 61.9. The third-order valence-corrected chi connectivity index (χ3v) is 7.73. The summed E-state index contributed by atoms with van der Waals surface area (Å²) in [7, 11) is 1.37. The normalized spacial score (nSPS) is 13.9. The monoisotopic (exact) mass is 726 g/mol. The van der Waals surface area contributed by atoms with Gasteiger partial charge in [-0.1, -0.05) is 100 Å². The quantitative estimate of drug-likeness (QED) is 0.0210. The van der Waals surface area contributed by atoms with Gasteiger partial charge in [-0.05, 0) is 81.7 Å². The minimum atomic E-state index is -1.03. The van der Waals surface area contributed by atoms with E-state index < -0.39 is 29.7 Å². The van der Waals surface area contributed by atoms with E-state index in [0.717, 1.165) is 63.9 Å². The summed E-state index contributed by atoms with van der Waals surface area (Å²) in [6, 6.07) is 4.45. The highest BCUT2D eigenvalue weighted by molar-refractivity contribution is 6.30. The van der Waals surface area contributed by atoms with Crippen molar-refractivity contribution < 1.29 is 38.2 Å². The molecule has 0 unspecified atom stereocenters. The fourth-order valence-corrected chi connectivity index (χ4v) is 4.83. The third kappa shape index (κ3) is 19.1. The maximum atomic E-state index is 12.7. The van der Waals surface area contributed by atoms with Crippen LogP contribution in [0.25, 0.3) is 0 Å². The Balaban J connectivity index is 1.77. The number of anilines is 1. The second-order valence-corrected chi connectivity index (χ2v) is 12.1. The third-order valence-electron chi connectivity index (χ3n) is 7.73. The van der Waals surface area contributed by atoms with Crippen molar-refractivity contribution in [1.82, 2.24) is 0 Å². The predicted molar refractivity (Wildman–Crippen MR) is 209 cm³/mol. The molecule has 0 aromatic heterocycles. The summed E-state index contributed by atoms with van der Waals surface area (Å²) in [6.07, 6.45) is 35.8. The Morgan fingerprint density at radius 3 is 1.91 bits per heavy atom. The molecule has 1 aliphatic rings. The fourth-order valence-electron chi connectivity index (χ4n) is 4.83. The molecule has 0 bridgehead atoms. The van der Waals surface area contributed by atoms with E-state index in [1.54, 1.807) is 0 Å². The summed E-state index contributed by atoms with van der Waals surface area (Å²) in [5.41, 5.74) is 3.15. The van der Waals surface area contributed by atoms with Crippen molar-refractivity contribution in [3.63, 3.8) is 0 Å². The van der Waals surface area contributed by atoms with Crippen LogP contribution < -0.4 is 10.2 Å². The van der Waals surface area contributed by atoms with Gasteiger partial charge in [0, 0.05) is 18.9 Å². The van der Waals surface area contributed by atoms with Gasteiger partial charge in [-0.3, -0.25) is 19.8 Å². The Kier molecular flexibility index (Phi) is 22.5. The molecule has 0 saturated carbocycles. The van der Waals surface area contributed by atoms with Gasteiger partial charge in [0.25, 0.3) is 0 Å². The van der Waals surface area contributed by atoms with Crippen molar-refractivity contribution in [2.45, 2.75) is 104 Å². The lowest BCUT2D eigenvalue weighted by Crippen LogP contribution is -2.21. The number of hydrazone groups is 1. The molecular weight excluding hydrogens is 672 g/mol. The number of methoxy groups -OCH3 is 1. The van der Waals surface area contributed by atoms with Gasteiger partial charge in [0.1, 0.15) is 16.9 Å². The number of ether oxygens (including phenoxy) is 3. The van der Waals surface area contributed by atoms with Crippen molar-refractivity contribution in [2.75, 3.05) is 12.5 Å². The molecule has 53 heavy (non-hydrogen) atoms. The molecule has 10 nitrogen and oxygen atoms in total. The molecule has 1 aromatic carbocycles. The number of ketones is 1. The van der Waals surface area contributed by atoms with Crippen LogP contribution in [0.15, 0.2) is 108 Å². The van der Waals surface area contributed by atoms with E-state index in [1.165, 1.54) is 37.5 Å². The van der Waals surface area contributed by atoms with Gasteiger partial charge < -0.3 is 14.2 Å². The van der Waals surface area contributed by atoms with E-state index in [1.807, 2.05) is 12.2 Å². The largest absolute Gasteiger partial charge is 0.496 e. The van der Waals surface area contributed by atoms with E-state index in [-0.39, 0.29) is 35.4 Å². The van der Waals surface area contributed by atoms with Crippen molar-refractivity contribution in [3.8, 4) is 5.75 Å². The van der Waals surface area contributed by atoms with Crippen LogP contribution in [-0.2, 0) is 28.7 Å². The van der Waals surface area contributed by atoms with E-state index in [0.29, 0.717) is 24.9 Å². The van der Waals surface area contributed by atoms with Gasteiger partial charge in [-0.25, -0.2) is 9.59 Å². The van der Waals surface area contributed by atoms with Gasteiger partial charge in [-0.15, -0.1) is 0 Å². The van der Waals surface area contributed by atoms with E-state index in [9.17, 15) is 24.0 Å². The fraction of sp³-hybridized carbons (Fsp3) is 0.395. The molecule has 0 atom stereocenters. The molecule has 0 spiro atoms. The molecule has 0 fully saturated rings. The SMILES string of the molecule is CC/C=C\C/C=C\C/C=C\C/C=C\C/C=C\CCCC(=O)OC(=O)c1ccc(N/N=C2\C=CC(=O)C(C(=O)OC(=O)CCCCCCC)=C2)cc1OC. The van der Waals surface area contributed by atoms with Crippen molar-refractivity contribution in [2.24, 2.45) is 5.10 Å². The molecule has 1 N–H and O–H groups in total. The molecule has 0 aliphatic heterocycles. The first-order valence-electron chi connectivity index (χ1n) is 18.5. The molecular formula is C43H54N2O8. The highest BCUT2D eigenvalue weighted by atomic mass is 16.6. The lowest BCUT2D eigenvalue weighted by atomic mass is 10.0. The van der Waals surface area contributed by atoms with E-state index in [4.69, 9.17) is 14.2 Å². The number of allylic oxidation sites excluding steroid dienone is 13. The Hall–Kier alpha value is -5.38. The standard InChI is InChI=1S/C43H54N2O8/c1-4-6-8-10-11-12-13-14-15-16-17-18-19-20-21-23-25-27-40(47)52-42(49)36-30-28-35(33-39(36)51-3)45-44-34-29-31-38(46)37(32-34)43(50)53-41(48)26-24-22-9-7-5-2/h6,8,11-12,14-15,17-18,20-21,28-33,45H,4-5,7,9-10,13,16,19,22-27H2,1-3H3/b8-6-,12-11-,15-14-,18-17-,21-20-,44-34+. The van der Waals surface area contributed by atoms with Gasteiger partial charge in [0.05, 0.1) is 18.5 Å². The zero-order chi connectivity index (χ0) is 38.5. The van der Waals surface area contributed by atoms with E-state index >= 15 is 0 Å². The molecule has 1 aliphatic carbocycles. The van der Waals surface area contributed by atoms with Crippen LogP contribution in [0.1, 0.15) is 114 Å². The number of nitrogens with one attached hydrogen (secondary N) is 1. The molecule has 1 aromatic rings. The Morgan fingerprint density at radius 2 is 1.28 bits per heavy atom. The van der Waals surface area contributed by atoms with Gasteiger partial charge in [0.2, 0.25) is 0 Å². The molecule has 0 radical (unpaired) electrons. The number of hydrogen-bond acceptors (Lipinski definition) is 10. The summed E-state index contributed by atoms with van der Waals surface area (Å²) < 4.78 is 15.3. The minimum Gasteiger partial charge on any atom is -0.496 e. The lowest BCUT2D eigenvalue weighted by molar-refractivity contribution is -0.157. The number of rotatable bonds is 24. The van der Waals surface area contributed by atoms with Crippen LogP contribution in [0.3, 0.4) is 0 Å². The smallest absolute Gasteiger partial charge is 0.349 e. The molecule has 284 valence electrons. The van der Waals surface area contributed by atoms with Crippen LogP contribution in [0.5, 0.6) is 5.75 Å².